The van der Waals surface area contributed by atoms with Gasteiger partial charge in [0, 0.05) is 25.6 Å². The molecule has 0 aromatic carbocycles. The Morgan fingerprint density at radius 2 is 2.22 bits per heavy atom. The molecule has 0 aliphatic heterocycles. The van der Waals surface area contributed by atoms with Crippen molar-refractivity contribution in [2.45, 2.75) is 37.6 Å². The van der Waals surface area contributed by atoms with Crippen LogP contribution in [0.5, 0.6) is 0 Å². The molecular formula is C13H18N2O2S. The first-order valence-corrected chi connectivity index (χ1v) is 7.36. The van der Waals surface area contributed by atoms with Gasteiger partial charge in [-0.2, -0.15) is 0 Å². The van der Waals surface area contributed by atoms with Crippen molar-refractivity contribution >= 4 is 22.8 Å². The molecule has 4 nitrogen and oxygen atoms in total. The molecule has 1 heterocycles. The zero-order valence-electron chi connectivity index (χ0n) is 10.6. The SMILES string of the molecule is COCCN(c1nc(C2CC2)c(C=O)s1)C1CC1. The summed E-state index contributed by atoms with van der Waals surface area (Å²) in [6.07, 6.45) is 5.81. The second kappa shape index (κ2) is 4.97. The fourth-order valence-electron chi connectivity index (χ4n) is 2.20. The van der Waals surface area contributed by atoms with Gasteiger partial charge in [-0.05, 0) is 25.7 Å². The molecule has 2 saturated carbocycles. The molecule has 2 fully saturated rings. The van der Waals surface area contributed by atoms with E-state index in [1.807, 2.05) is 0 Å². The van der Waals surface area contributed by atoms with E-state index in [1.165, 1.54) is 25.7 Å². The highest BCUT2D eigenvalue weighted by atomic mass is 32.1. The average Bonchev–Trinajstić information content (AvgIpc) is 3.28. The van der Waals surface area contributed by atoms with Gasteiger partial charge in [0.25, 0.3) is 0 Å². The Morgan fingerprint density at radius 1 is 1.44 bits per heavy atom. The Morgan fingerprint density at radius 3 is 2.78 bits per heavy atom. The highest BCUT2D eigenvalue weighted by molar-refractivity contribution is 7.17. The Kier molecular flexibility index (Phi) is 3.35. The molecule has 0 N–H and O–H groups in total. The van der Waals surface area contributed by atoms with Crippen LogP contribution in [0, 0.1) is 0 Å². The molecule has 5 heteroatoms. The van der Waals surface area contributed by atoms with Crippen LogP contribution >= 0.6 is 11.3 Å². The van der Waals surface area contributed by atoms with Gasteiger partial charge in [0.05, 0.1) is 17.2 Å². The Bertz CT molecular complexity index is 438. The number of hydrogen-bond acceptors (Lipinski definition) is 5. The van der Waals surface area contributed by atoms with Crippen LogP contribution in [0.2, 0.25) is 0 Å². The number of carbonyl (C=O) groups is 1. The number of aldehydes is 1. The van der Waals surface area contributed by atoms with E-state index in [0.717, 1.165) is 28.5 Å². The maximum atomic E-state index is 11.1. The fourth-order valence-corrected chi connectivity index (χ4v) is 3.26. The van der Waals surface area contributed by atoms with Crippen molar-refractivity contribution in [3.8, 4) is 0 Å². The van der Waals surface area contributed by atoms with E-state index in [0.29, 0.717) is 18.6 Å². The van der Waals surface area contributed by atoms with E-state index < -0.39 is 0 Å². The predicted molar refractivity (Wildman–Crippen MR) is 71.7 cm³/mol. The Hall–Kier alpha value is -0.940. The number of ether oxygens (including phenoxy) is 1. The second-order valence-electron chi connectivity index (χ2n) is 5.06. The molecule has 0 radical (unpaired) electrons. The monoisotopic (exact) mass is 266 g/mol. The number of aromatic nitrogens is 1. The maximum Gasteiger partial charge on any atom is 0.186 e. The van der Waals surface area contributed by atoms with Gasteiger partial charge in [0.15, 0.2) is 11.4 Å². The summed E-state index contributed by atoms with van der Waals surface area (Å²) >= 11 is 1.55. The summed E-state index contributed by atoms with van der Waals surface area (Å²) in [7, 11) is 1.72. The minimum atomic E-state index is 0.540. The average molecular weight is 266 g/mol. The lowest BCUT2D eigenvalue weighted by atomic mass is 10.3. The quantitative estimate of drug-likeness (QED) is 0.711. The van der Waals surface area contributed by atoms with Gasteiger partial charge in [-0.25, -0.2) is 4.98 Å². The molecule has 2 aliphatic rings. The number of methoxy groups -OCH3 is 1. The summed E-state index contributed by atoms with van der Waals surface area (Å²) in [4.78, 5) is 19.0. The van der Waals surface area contributed by atoms with Gasteiger partial charge in [-0.1, -0.05) is 11.3 Å². The van der Waals surface area contributed by atoms with E-state index in [-0.39, 0.29) is 0 Å². The molecule has 18 heavy (non-hydrogen) atoms. The standard InChI is InChI=1S/C13H18N2O2S/c1-17-7-6-15(10-4-5-10)13-14-12(9-2-3-9)11(8-16)18-13/h8-10H,2-7H2,1H3. The zero-order chi connectivity index (χ0) is 12.5. The fraction of sp³-hybridized carbons (Fsp3) is 0.692. The first-order chi connectivity index (χ1) is 8.83. The summed E-state index contributed by atoms with van der Waals surface area (Å²) in [5.74, 6) is 0.540. The number of hydrogen-bond donors (Lipinski definition) is 0. The van der Waals surface area contributed by atoms with Gasteiger partial charge < -0.3 is 9.64 Å². The lowest BCUT2D eigenvalue weighted by Crippen LogP contribution is -2.29. The molecule has 98 valence electrons. The van der Waals surface area contributed by atoms with Crippen LogP contribution < -0.4 is 4.90 Å². The van der Waals surface area contributed by atoms with E-state index in [4.69, 9.17) is 9.72 Å². The molecule has 2 aliphatic carbocycles. The van der Waals surface area contributed by atoms with Crippen LogP contribution in [0.1, 0.15) is 47.0 Å². The minimum Gasteiger partial charge on any atom is -0.383 e. The number of anilines is 1. The number of carbonyl (C=O) groups excluding carboxylic acids is 1. The van der Waals surface area contributed by atoms with Gasteiger partial charge in [-0.3, -0.25) is 4.79 Å². The molecule has 0 bridgehead atoms. The Balaban J connectivity index is 1.81. The largest absolute Gasteiger partial charge is 0.383 e. The van der Waals surface area contributed by atoms with Crippen molar-refractivity contribution in [3.05, 3.63) is 10.6 Å². The van der Waals surface area contributed by atoms with E-state index in [2.05, 4.69) is 4.90 Å². The molecular weight excluding hydrogens is 248 g/mol. The van der Waals surface area contributed by atoms with Gasteiger partial charge in [-0.15, -0.1) is 0 Å². The first kappa shape index (κ1) is 12.1. The van der Waals surface area contributed by atoms with Crippen LogP contribution in [0.4, 0.5) is 5.13 Å². The van der Waals surface area contributed by atoms with Crippen LogP contribution in [-0.2, 0) is 4.74 Å². The molecule has 1 aromatic rings. The molecule has 0 spiro atoms. The first-order valence-electron chi connectivity index (χ1n) is 6.55. The van der Waals surface area contributed by atoms with E-state index >= 15 is 0 Å². The van der Waals surface area contributed by atoms with E-state index in [9.17, 15) is 4.79 Å². The Labute approximate surface area is 111 Å². The summed E-state index contributed by atoms with van der Waals surface area (Å²) in [6.45, 7) is 1.59. The maximum absolute atomic E-state index is 11.1. The van der Waals surface area contributed by atoms with Crippen LogP contribution in [-0.4, -0.2) is 37.6 Å². The minimum absolute atomic E-state index is 0.540. The molecule has 0 saturated heterocycles. The topological polar surface area (TPSA) is 42.4 Å². The molecule has 0 unspecified atom stereocenters. The number of nitrogens with zero attached hydrogens (tertiary/aromatic N) is 2. The predicted octanol–water partition coefficient (Wildman–Crippen LogP) is 2.45. The van der Waals surface area contributed by atoms with Crippen LogP contribution in [0.25, 0.3) is 0 Å². The molecule has 3 rings (SSSR count). The van der Waals surface area contributed by atoms with Crippen molar-refractivity contribution in [3.63, 3.8) is 0 Å². The van der Waals surface area contributed by atoms with Crippen molar-refractivity contribution in [1.29, 1.82) is 0 Å². The third-order valence-electron chi connectivity index (χ3n) is 3.51. The smallest absolute Gasteiger partial charge is 0.186 e. The van der Waals surface area contributed by atoms with Crippen molar-refractivity contribution in [1.82, 2.24) is 4.98 Å². The van der Waals surface area contributed by atoms with Crippen molar-refractivity contribution in [2.24, 2.45) is 0 Å². The molecule has 0 amide bonds. The van der Waals surface area contributed by atoms with Gasteiger partial charge in [0.2, 0.25) is 0 Å². The highest BCUT2D eigenvalue weighted by Gasteiger charge is 2.34. The summed E-state index contributed by atoms with van der Waals surface area (Å²) in [5.41, 5.74) is 1.04. The van der Waals surface area contributed by atoms with Crippen LogP contribution in [0.3, 0.4) is 0 Å². The number of rotatable bonds is 7. The van der Waals surface area contributed by atoms with E-state index in [1.54, 1.807) is 18.4 Å². The lowest BCUT2D eigenvalue weighted by molar-refractivity contribution is 0.112. The highest BCUT2D eigenvalue weighted by Crippen LogP contribution is 2.44. The summed E-state index contributed by atoms with van der Waals surface area (Å²) < 4.78 is 5.16. The molecule has 1 aromatic heterocycles. The third kappa shape index (κ3) is 2.42. The zero-order valence-corrected chi connectivity index (χ0v) is 11.4. The van der Waals surface area contributed by atoms with Crippen molar-refractivity contribution < 1.29 is 9.53 Å². The van der Waals surface area contributed by atoms with Gasteiger partial charge >= 0.3 is 0 Å². The van der Waals surface area contributed by atoms with Crippen molar-refractivity contribution in [2.75, 3.05) is 25.2 Å². The number of thiazole rings is 1. The lowest BCUT2D eigenvalue weighted by Gasteiger charge is -2.20. The molecule has 0 atom stereocenters. The summed E-state index contributed by atoms with van der Waals surface area (Å²) in [5, 5.41) is 1.01. The normalized spacial score (nSPS) is 18.9. The summed E-state index contributed by atoms with van der Waals surface area (Å²) in [6, 6.07) is 0.609. The van der Waals surface area contributed by atoms with Gasteiger partial charge in [0.1, 0.15) is 0 Å². The third-order valence-corrected chi connectivity index (χ3v) is 4.54. The van der Waals surface area contributed by atoms with Crippen LogP contribution in [0.15, 0.2) is 0 Å². The second-order valence-corrected chi connectivity index (χ2v) is 6.06.